The van der Waals surface area contributed by atoms with Crippen LogP contribution < -0.4 is 0 Å². The fourth-order valence-corrected chi connectivity index (χ4v) is 8.55. The molecule has 3 fully saturated rings. The minimum Gasteiger partial charge on any atom is -0.443 e. The summed E-state index contributed by atoms with van der Waals surface area (Å²) in [6, 6.07) is 5.58. The molecule has 36 heavy (non-hydrogen) atoms. The first-order valence-corrected chi connectivity index (χ1v) is 12.9. The molecule has 2 saturated heterocycles. The number of hydrogen-bond acceptors (Lipinski definition) is 7. The van der Waals surface area contributed by atoms with Crippen LogP contribution in [0.5, 0.6) is 0 Å². The number of halogens is 1. The lowest BCUT2D eigenvalue weighted by Gasteiger charge is -2.62. The van der Waals surface area contributed by atoms with Crippen molar-refractivity contribution in [3.05, 3.63) is 47.9 Å². The summed E-state index contributed by atoms with van der Waals surface area (Å²) in [4.78, 5) is 6.14. The average Bonchev–Trinajstić information content (AvgIpc) is 3.55. The van der Waals surface area contributed by atoms with Gasteiger partial charge in [0, 0.05) is 17.4 Å². The van der Waals surface area contributed by atoms with Crippen LogP contribution in [0.2, 0.25) is 0 Å². The second-order valence-electron chi connectivity index (χ2n) is 12.0. The van der Waals surface area contributed by atoms with Crippen LogP contribution in [0.1, 0.15) is 44.6 Å². The van der Waals surface area contributed by atoms with Crippen LogP contribution in [-0.2, 0) is 4.74 Å². The number of fused-ring (bicyclic) bond motifs is 2. The highest BCUT2D eigenvalue weighted by Gasteiger charge is 2.79. The van der Waals surface area contributed by atoms with E-state index < -0.39 is 41.2 Å². The maximum absolute atomic E-state index is 17.0. The van der Waals surface area contributed by atoms with E-state index in [9.17, 15) is 15.3 Å². The molecule has 7 rings (SSSR count). The zero-order valence-corrected chi connectivity index (χ0v) is 20.8. The van der Waals surface area contributed by atoms with Crippen molar-refractivity contribution in [1.82, 2.24) is 9.88 Å². The zero-order valence-electron chi connectivity index (χ0n) is 20.8. The lowest BCUT2D eigenvalue weighted by Crippen LogP contribution is -2.78. The molecular formula is C28H33FN2O5. The van der Waals surface area contributed by atoms with E-state index in [2.05, 4.69) is 30.1 Å². The molecule has 1 aromatic carbocycles. The van der Waals surface area contributed by atoms with Crippen molar-refractivity contribution in [2.45, 2.75) is 80.3 Å². The Bertz CT molecular complexity index is 1320. The molecule has 1 saturated carbocycles. The van der Waals surface area contributed by atoms with Crippen LogP contribution in [0.15, 0.2) is 46.7 Å². The van der Waals surface area contributed by atoms with Crippen molar-refractivity contribution in [3.63, 3.8) is 0 Å². The third-order valence-electron chi connectivity index (χ3n) is 10.4. The van der Waals surface area contributed by atoms with Crippen molar-refractivity contribution in [2.75, 3.05) is 14.1 Å². The van der Waals surface area contributed by atoms with Crippen LogP contribution >= 0.6 is 0 Å². The third kappa shape index (κ3) is 2.48. The SMILES string of the molecule is CN(C)C1CC23CCC4(O2)C(=CCC2(C)C(c5ccc6ocnc6c5)=CCC24)C(O)C3(F)C(O)C1O. The fourth-order valence-electron chi connectivity index (χ4n) is 8.55. The van der Waals surface area contributed by atoms with Gasteiger partial charge in [-0.2, -0.15) is 0 Å². The average molecular weight is 497 g/mol. The van der Waals surface area contributed by atoms with Crippen LogP contribution in [0.25, 0.3) is 16.7 Å². The van der Waals surface area contributed by atoms with Crippen molar-refractivity contribution >= 4 is 16.7 Å². The number of likely N-dealkylation sites (N-methyl/N-ethyl adjacent to an activating group) is 1. The van der Waals surface area contributed by atoms with E-state index >= 15 is 4.39 Å². The van der Waals surface area contributed by atoms with Gasteiger partial charge in [-0.05, 0) is 75.0 Å². The molecule has 0 amide bonds. The summed E-state index contributed by atoms with van der Waals surface area (Å²) >= 11 is 0. The lowest BCUT2D eigenvalue weighted by atomic mass is 9.55. The van der Waals surface area contributed by atoms with E-state index in [0.29, 0.717) is 24.8 Å². The number of benzene rings is 1. The summed E-state index contributed by atoms with van der Waals surface area (Å²) in [5.74, 6) is 0.0216. The highest BCUT2D eigenvalue weighted by atomic mass is 19.1. The van der Waals surface area contributed by atoms with Gasteiger partial charge in [0.05, 0.1) is 11.7 Å². The molecule has 1 aromatic heterocycles. The number of ether oxygens (including phenoxy) is 1. The summed E-state index contributed by atoms with van der Waals surface area (Å²) in [7, 11) is 3.63. The van der Waals surface area contributed by atoms with Crippen molar-refractivity contribution in [2.24, 2.45) is 11.3 Å². The van der Waals surface area contributed by atoms with Gasteiger partial charge in [0.2, 0.25) is 0 Å². The van der Waals surface area contributed by atoms with E-state index in [1.54, 1.807) is 0 Å². The third-order valence-corrected chi connectivity index (χ3v) is 10.4. The second-order valence-corrected chi connectivity index (χ2v) is 12.0. The zero-order chi connectivity index (χ0) is 25.3. The van der Waals surface area contributed by atoms with E-state index in [1.165, 1.54) is 12.0 Å². The molecule has 8 heteroatoms. The topological polar surface area (TPSA) is 99.2 Å². The molecule has 192 valence electrons. The van der Waals surface area contributed by atoms with Crippen LogP contribution in [0.4, 0.5) is 4.39 Å². The van der Waals surface area contributed by atoms with Gasteiger partial charge in [0.15, 0.2) is 17.6 Å². The van der Waals surface area contributed by atoms with Gasteiger partial charge in [-0.3, -0.25) is 0 Å². The van der Waals surface area contributed by atoms with Crippen LogP contribution in [-0.4, -0.2) is 80.5 Å². The van der Waals surface area contributed by atoms with Gasteiger partial charge >= 0.3 is 0 Å². The highest BCUT2D eigenvalue weighted by Crippen LogP contribution is 2.70. The number of aliphatic hydroxyl groups excluding tert-OH is 3. The minimum absolute atomic E-state index is 0.0216. The molecule has 0 radical (unpaired) electrons. The number of rotatable bonds is 2. The van der Waals surface area contributed by atoms with E-state index in [-0.39, 0.29) is 17.8 Å². The quantitative estimate of drug-likeness (QED) is 0.550. The first kappa shape index (κ1) is 23.0. The van der Waals surface area contributed by atoms with E-state index in [1.807, 2.05) is 31.1 Å². The van der Waals surface area contributed by atoms with Gasteiger partial charge in [-0.15, -0.1) is 0 Å². The Morgan fingerprint density at radius 1 is 1.14 bits per heavy atom. The maximum atomic E-state index is 17.0. The lowest BCUT2D eigenvalue weighted by molar-refractivity contribution is -0.308. The van der Waals surface area contributed by atoms with Gasteiger partial charge in [-0.25, -0.2) is 9.37 Å². The first-order valence-electron chi connectivity index (χ1n) is 12.9. The van der Waals surface area contributed by atoms with Crippen LogP contribution in [0.3, 0.4) is 0 Å². The number of aromatic nitrogens is 1. The molecule has 2 aliphatic heterocycles. The standard InChI is InChI=1S/C28H33FN2O5/c1-25-9-8-17-23(33)28(29)24(34)22(32)19(31(2)3)13-26(28)10-11-27(17,36-26)21(25)7-5-16(25)15-4-6-20-18(12-15)30-14-35-20/h4-6,8,12,14,19,21-24,32-34H,7,9-11,13H2,1-3H3. The van der Waals surface area contributed by atoms with Gasteiger partial charge in [0.25, 0.3) is 0 Å². The Morgan fingerprint density at radius 3 is 2.72 bits per heavy atom. The van der Waals surface area contributed by atoms with E-state index in [0.717, 1.165) is 23.1 Å². The predicted octanol–water partition coefficient (Wildman–Crippen LogP) is 2.99. The number of aliphatic hydroxyl groups is 3. The van der Waals surface area contributed by atoms with Gasteiger partial charge in [0.1, 0.15) is 23.3 Å². The monoisotopic (exact) mass is 496 g/mol. The number of allylic oxidation sites excluding steroid dienone is 3. The number of oxazole rings is 1. The Labute approximate surface area is 209 Å². The summed E-state index contributed by atoms with van der Waals surface area (Å²) in [6.45, 7) is 2.24. The summed E-state index contributed by atoms with van der Waals surface area (Å²) in [5, 5.41) is 33.5. The molecule has 3 N–H and O–H groups in total. The summed E-state index contributed by atoms with van der Waals surface area (Å²) in [5.41, 5.74) is -0.520. The first-order chi connectivity index (χ1) is 17.1. The normalized spacial score (nSPS) is 47.4. The number of alkyl halides is 1. The smallest absolute Gasteiger partial charge is 0.197 e. The Balaban J connectivity index is 1.32. The molecule has 3 heterocycles. The largest absolute Gasteiger partial charge is 0.443 e. The number of nitrogens with zero attached hydrogens (tertiary/aromatic N) is 2. The molecule has 9 unspecified atom stereocenters. The summed E-state index contributed by atoms with van der Waals surface area (Å²) < 4.78 is 29.3. The number of hydrogen-bond donors (Lipinski definition) is 3. The van der Waals surface area contributed by atoms with Gasteiger partial charge in [-0.1, -0.05) is 25.1 Å². The summed E-state index contributed by atoms with van der Waals surface area (Å²) in [6.07, 6.45) is 3.63. The molecule has 2 aromatic rings. The van der Waals surface area contributed by atoms with Crippen molar-refractivity contribution in [1.29, 1.82) is 0 Å². The molecule has 2 spiro atoms. The second kappa shape index (κ2) is 7.05. The highest BCUT2D eigenvalue weighted by molar-refractivity contribution is 5.82. The Kier molecular flexibility index (Phi) is 4.52. The Hall–Kier alpha value is -2.10. The fraction of sp³-hybridized carbons (Fsp3) is 0.607. The van der Waals surface area contributed by atoms with Gasteiger partial charge < -0.3 is 29.4 Å². The van der Waals surface area contributed by atoms with Crippen molar-refractivity contribution in [3.8, 4) is 0 Å². The van der Waals surface area contributed by atoms with Crippen molar-refractivity contribution < 1.29 is 28.9 Å². The molecule has 3 aliphatic carbocycles. The Morgan fingerprint density at radius 2 is 1.94 bits per heavy atom. The molecular weight excluding hydrogens is 463 g/mol. The molecule has 7 nitrogen and oxygen atoms in total. The molecule has 2 bridgehead atoms. The molecule has 5 aliphatic rings. The minimum atomic E-state index is -2.47. The van der Waals surface area contributed by atoms with E-state index in [4.69, 9.17) is 9.15 Å². The van der Waals surface area contributed by atoms with Crippen LogP contribution in [0, 0.1) is 11.3 Å². The molecule has 9 atom stereocenters. The predicted molar refractivity (Wildman–Crippen MR) is 131 cm³/mol. The maximum Gasteiger partial charge on any atom is 0.197 e.